The van der Waals surface area contributed by atoms with Crippen LogP contribution in [0.2, 0.25) is 0 Å². The maximum Gasteiger partial charge on any atom is 0.519 e. The number of rotatable bonds is 14. The van der Waals surface area contributed by atoms with Crippen LogP contribution >= 0.6 is 0 Å². The van der Waals surface area contributed by atoms with Crippen LogP contribution in [0.1, 0.15) is 219 Å². The molecule has 10 rings (SSSR count). The van der Waals surface area contributed by atoms with E-state index in [-0.39, 0.29) is 24.1 Å². The van der Waals surface area contributed by atoms with Crippen LogP contribution in [0.15, 0.2) is 173 Å². The second-order valence-corrected chi connectivity index (χ2v) is 26.4. The molecular formula is C75H106O18. The van der Waals surface area contributed by atoms with Gasteiger partial charge < -0.3 is 65.0 Å². The molecule has 93 heavy (non-hydrogen) atoms. The summed E-state index contributed by atoms with van der Waals surface area (Å²) in [4.78, 5) is 43.8. The van der Waals surface area contributed by atoms with E-state index in [1.807, 2.05) is 62.4 Å². The predicted octanol–water partition coefficient (Wildman–Crippen LogP) is 19.7. The van der Waals surface area contributed by atoms with Gasteiger partial charge in [0.05, 0.1) is 11.1 Å². The number of aryl methyl sites for hydroxylation is 2. The molecule has 0 amide bonds. The van der Waals surface area contributed by atoms with Crippen LogP contribution in [0.3, 0.4) is 0 Å². The van der Waals surface area contributed by atoms with Gasteiger partial charge in [-0.3, -0.25) is 0 Å². The normalized spacial score (nSPS) is 17.4. The molecule has 0 bridgehead atoms. The molecule has 18 heteroatoms. The maximum absolute atomic E-state index is 11.4. The zero-order valence-electron chi connectivity index (χ0n) is 59.6. The van der Waals surface area contributed by atoms with Gasteiger partial charge in [-0.1, -0.05) is 168 Å². The molecule has 8 heterocycles. The lowest BCUT2D eigenvalue weighted by molar-refractivity contribution is 0.0272. The Morgan fingerprint density at radius 2 is 0.753 bits per heavy atom. The van der Waals surface area contributed by atoms with Crippen molar-refractivity contribution in [2.75, 3.05) is 0 Å². The highest BCUT2D eigenvalue weighted by Crippen LogP contribution is 2.38. The highest BCUT2D eigenvalue weighted by atomic mass is 16.7. The number of benzene rings is 2. The molecule has 2 aromatic heterocycles. The predicted molar refractivity (Wildman–Crippen MR) is 358 cm³/mol. The molecule has 4 aromatic rings. The summed E-state index contributed by atoms with van der Waals surface area (Å²) >= 11 is 0. The Balaban J connectivity index is 0.000000278. The van der Waals surface area contributed by atoms with Crippen LogP contribution < -0.4 is 11.6 Å². The van der Waals surface area contributed by atoms with Gasteiger partial charge in [-0.2, -0.15) is 0 Å². The van der Waals surface area contributed by atoms with E-state index in [1.54, 1.807) is 26.4 Å². The summed E-state index contributed by atoms with van der Waals surface area (Å²) in [5.74, 6) is 12.9. The number of carbonyl (C=O) groups is 2. The molecule has 0 aliphatic carbocycles. The van der Waals surface area contributed by atoms with Crippen molar-refractivity contribution in [1.82, 2.24) is 0 Å². The molecule has 5 atom stereocenters. The lowest BCUT2D eigenvalue weighted by atomic mass is 9.95. The van der Waals surface area contributed by atoms with Gasteiger partial charge in [0.2, 0.25) is 0 Å². The number of ether oxygens (including phenoxy) is 10. The van der Waals surface area contributed by atoms with E-state index in [0.29, 0.717) is 112 Å². The molecule has 0 saturated carbocycles. The number of carbonyl (C=O) groups excluding carboxylic acids is 2. The van der Waals surface area contributed by atoms with Crippen molar-refractivity contribution in [2.24, 2.45) is 65.1 Å². The third kappa shape index (κ3) is 25.6. The van der Waals surface area contributed by atoms with Crippen LogP contribution in [0.25, 0.3) is 0 Å². The zero-order valence-corrected chi connectivity index (χ0v) is 59.6. The molecule has 18 nitrogen and oxygen atoms in total. The summed E-state index contributed by atoms with van der Waals surface area (Å²) in [5.41, 5.74) is 3.51. The van der Waals surface area contributed by atoms with Crippen molar-refractivity contribution in [3.05, 3.63) is 212 Å². The van der Waals surface area contributed by atoms with Crippen molar-refractivity contribution in [3.8, 4) is 0 Å². The van der Waals surface area contributed by atoms with Gasteiger partial charge in [0, 0.05) is 48.1 Å². The smallest absolute Gasteiger partial charge is 0.454 e. The second-order valence-electron chi connectivity index (χ2n) is 26.4. The summed E-state index contributed by atoms with van der Waals surface area (Å²) < 4.78 is 70.8. The fourth-order valence-corrected chi connectivity index (χ4v) is 9.16. The number of cyclic esters (lactones) is 2. The lowest BCUT2D eigenvalue weighted by Gasteiger charge is -2.14. The molecule has 0 radical (unpaired) electrons. The number of allylic oxidation sites excluding steroid dienone is 6. The largest absolute Gasteiger partial charge is 0.519 e. The van der Waals surface area contributed by atoms with E-state index in [9.17, 15) is 19.2 Å². The van der Waals surface area contributed by atoms with Crippen molar-refractivity contribution in [3.63, 3.8) is 0 Å². The Labute approximate surface area is 552 Å². The second kappa shape index (κ2) is 37.4. The number of fused-ring (bicyclic) bond motifs is 2. The first-order valence-electron chi connectivity index (χ1n) is 32.2. The molecule has 5 unspecified atom stereocenters. The average Bonchev–Trinajstić information content (AvgIpc) is 1.72. The monoisotopic (exact) mass is 1290 g/mol. The SMILES string of the molecule is C=C1OC(C)=C(C(C)C(C)C)O1.C=C1OC(C)=C(C(C)C(C)C)O1.C=C1OC=C(C(C)C(C)C)O1.C=C1OC=C(CC(C)C)O1.CC(C)C1OC(=O)c2ccccc21.CC(C)C1OC(=O)c2ccccc21.Cc1oc(=O)oc1CC(C)C.Cc1oc(=O)oc1CC(C)C. The van der Waals surface area contributed by atoms with E-state index in [2.05, 4.69) is 158 Å². The van der Waals surface area contributed by atoms with E-state index in [1.165, 1.54) is 0 Å². The fraction of sp³-hybridized carbons (Fsp3) is 0.520. The first kappa shape index (κ1) is 79.0. The first-order chi connectivity index (χ1) is 43.4. The zero-order chi connectivity index (χ0) is 70.3. The van der Waals surface area contributed by atoms with E-state index >= 15 is 0 Å². The average molecular weight is 1300 g/mol. The van der Waals surface area contributed by atoms with Crippen molar-refractivity contribution in [1.29, 1.82) is 0 Å². The molecule has 0 spiro atoms. The Morgan fingerprint density at radius 1 is 0.398 bits per heavy atom. The standard InChI is InChI=1S/2C11H12O2.2C10H16O2.C9H14O2.2C8H12O3.C8H12O2/c2*1-7(2)10-8-5-3-4-6-9(8)11(12)13-10;2*1-6(2)7(3)10-8(4)11-9(5)12-10;1-6(2)7(3)9-5-10-8(4)11-9;2*1-5(2)4-7-6(3)10-8(9)11-7;1-6(2)4-8-5-9-7(3)10-8/h2*3-7,10H,1-2H3;2*6-7H,5H2,1-4H3;5-7H,4H2,1-3H3;2*5H,4H2,1-3H3;5-6H,3-4H2,1-2H3. The minimum Gasteiger partial charge on any atom is -0.454 e. The minimum atomic E-state index is -0.599. The van der Waals surface area contributed by atoms with Crippen LogP contribution in [0.4, 0.5) is 0 Å². The number of hydrogen-bond acceptors (Lipinski definition) is 18. The number of hydrogen-bond donors (Lipinski definition) is 0. The van der Waals surface area contributed by atoms with Crippen LogP contribution in [-0.4, -0.2) is 11.9 Å². The molecule has 514 valence electrons. The molecule has 0 N–H and O–H groups in total. The van der Waals surface area contributed by atoms with Gasteiger partial charge in [0.25, 0.3) is 23.8 Å². The topological polar surface area (TPSA) is 213 Å². The highest BCUT2D eigenvalue weighted by molar-refractivity contribution is 5.94. The summed E-state index contributed by atoms with van der Waals surface area (Å²) in [6.07, 6.45) is 5.58. The van der Waals surface area contributed by atoms with Crippen LogP contribution in [-0.2, 0) is 60.2 Å². The third-order valence-electron chi connectivity index (χ3n) is 15.2. The van der Waals surface area contributed by atoms with Crippen molar-refractivity contribution >= 4 is 11.9 Å². The summed E-state index contributed by atoms with van der Waals surface area (Å²) in [5, 5.41) is 0. The van der Waals surface area contributed by atoms with Gasteiger partial charge in [-0.05, 0) is 113 Å². The summed E-state index contributed by atoms with van der Waals surface area (Å²) in [6.45, 7) is 61.6. The first-order valence-corrected chi connectivity index (χ1v) is 32.2. The van der Waals surface area contributed by atoms with Crippen LogP contribution in [0, 0.1) is 78.9 Å². The lowest BCUT2D eigenvalue weighted by Crippen LogP contribution is -2.08. The van der Waals surface area contributed by atoms with E-state index in [4.69, 9.17) is 65.0 Å². The Kier molecular flexibility index (Phi) is 31.8. The molecular weight excluding hydrogens is 1190 g/mol. The van der Waals surface area contributed by atoms with Gasteiger partial charge >= 0.3 is 23.6 Å². The fourth-order valence-electron chi connectivity index (χ4n) is 9.16. The van der Waals surface area contributed by atoms with Gasteiger partial charge in [0.15, 0.2) is 0 Å². The van der Waals surface area contributed by atoms with Gasteiger partial charge in [0.1, 0.15) is 82.3 Å². The quantitative estimate of drug-likeness (QED) is 0.107. The highest BCUT2D eigenvalue weighted by Gasteiger charge is 2.34. The van der Waals surface area contributed by atoms with Gasteiger partial charge in [-0.25, -0.2) is 19.2 Å². The Morgan fingerprint density at radius 3 is 1.02 bits per heavy atom. The Hall–Kier alpha value is -8.28. The molecule has 0 saturated heterocycles. The Bertz CT molecular complexity index is 3190. The molecule has 2 aromatic carbocycles. The maximum atomic E-state index is 11.4. The summed E-state index contributed by atoms with van der Waals surface area (Å²) in [6, 6.07) is 15.2. The minimum absolute atomic E-state index is 0.0521. The van der Waals surface area contributed by atoms with Gasteiger partial charge in [-0.15, -0.1) is 0 Å². The molecule has 6 aliphatic heterocycles. The van der Waals surface area contributed by atoms with E-state index in [0.717, 1.165) is 76.1 Å². The molecule has 0 fully saturated rings. The third-order valence-corrected chi connectivity index (χ3v) is 15.2. The number of esters is 2. The summed E-state index contributed by atoms with van der Waals surface area (Å²) in [7, 11) is 0. The molecule has 6 aliphatic rings. The van der Waals surface area contributed by atoms with E-state index < -0.39 is 11.6 Å². The van der Waals surface area contributed by atoms with Crippen LogP contribution in [0.5, 0.6) is 0 Å². The van der Waals surface area contributed by atoms with Crippen molar-refractivity contribution < 1.29 is 74.6 Å². The van der Waals surface area contributed by atoms with Crippen molar-refractivity contribution in [2.45, 2.75) is 191 Å².